The van der Waals surface area contributed by atoms with Crippen LogP contribution < -0.4 is 10.0 Å². The molecule has 1 heterocycles. The quantitative estimate of drug-likeness (QED) is 0.615. The highest BCUT2D eigenvalue weighted by Crippen LogP contribution is 2.16. The smallest absolute Gasteiger partial charge is 0.248 e. The fourth-order valence-electron chi connectivity index (χ4n) is 2.69. The predicted molar refractivity (Wildman–Crippen MR) is 104 cm³/mol. The summed E-state index contributed by atoms with van der Waals surface area (Å²) in [6, 6.07) is 16.8. The Balaban J connectivity index is 1.76. The lowest BCUT2D eigenvalue weighted by Crippen LogP contribution is -2.31. The maximum absolute atomic E-state index is 12.3. The summed E-state index contributed by atoms with van der Waals surface area (Å²) in [6.45, 7) is 4.00. The van der Waals surface area contributed by atoms with Gasteiger partial charge in [0.05, 0.1) is 11.4 Å². The first-order valence-corrected chi connectivity index (χ1v) is 10.2. The molecule has 142 valence electrons. The third kappa shape index (κ3) is 5.11. The zero-order valence-corrected chi connectivity index (χ0v) is 16.0. The molecule has 0 amide bonds. The Morgan fingerprint density at radius 2 is 1.67 bits per heavy atom. The van der Waals surface area contributed by atoms with Gasteiger partial charge in [0.25, 0.3) is 0 Å². The third-order valence-electron chi connectivity index (χ3n) is 3.79. The number of para-hydroxylation sites is 1. The Labute approximate surface area is 158 Å². The number of aromatic nitrogens is 4. The van der Waals surface area contributed by atoms with Crippen LogP contribution in [0.1, 0.15) is 25.0 Å². The molecule has 1 aromatic heterocycles. The first-order valence-electron chi connectivity index (χ1n) is 8.59. The van der Waals surface area contributed by atoms with Crippen molar-refractivity contribution in [3.8, 4) is 5.69 Å². The molecule has 0 atom stereocenters. The van der Waals surface area contributed by atoms with E-state index in [9.17, 15) is 8.42 Å². The van der Waals surface area contributed by atoms with Crippen molar-refractivity contribution in [3.05, 3.63) is 65.7 Å². The Bertz CT molecular complexity index is 986. The Kier molecular flexibility index (Phi) is 5.82. The first-order chi connectivity index (χ1) is 12.9. The van der Waals surface area contributed by atoms with E-state index in [2.05, 4.69) is 25.6 Å². The van der Waals surface area contributed by atoms with Crippen LogP contribution in [-0.2, 0) is 22.3 Å². The van der Waals surface area contributed by atoms with Gasteiger partial charge in [-0.1, -0.05) is 47.6 Å². The van der Waals surface area contributed by atoms with Crippen LogP contribution in [0.3, 0.4) is 0 Å². The van der Waals surface area contributed by atoms with Crippen molar-refractivity contribution in [2.24, 2.45) is 0 Å². The minimum atomic E-state index is -3.40. The van der Waals surface area contributed by atoms with Gasteiger partial charge in [0.1, 0.15) is 0 Å². The molecule has 0 saturated carbocycles. The summed E-state index contributed by atoms with van der Waals surface area (Å²) in [5.74, 6) is 0.409. The van der Waals surface area contributed by atoms with Crippen LogP contribution in [0.5, 0.6) is 0 Å². The molecular weight excluding hydrogens is 364 g/mol. The van der Waals surface area contributed by atoms with Crippen molar-refractivity contribution in [1.29, 1.82) is 0 Å². The van der Waals surface area contributed by atoms with Crippen LogP contribution in [0.15, 0.2) is 54.6 Å². The Hall–Kier alpha value is -2.78. The summed E-state index contributed by atoms with van der Waals surface area (Å²) >= 11 is 0. The van der Waals surface area contributed by atoms with E-state index in [1.165, 1.54) is 0 Å². The van der Waals surface area contributed by atoms with Crippen LogP contribution in [0.25, 0.3) is 5.69 Å². The number of hydrogen-bond acceptors (Lipinski definition) is 6. The van der Waals surface area contributed by atoms with Gasteiger partial charge in [-0.15, -0.1) is 0 Å². The number of nitrogens with zero attached hydrogens (tertiary/aromatic N) is 4. The van der Waals surface area contributed by atoms with E-state index < -0.39 is 10.0 Å². The second-order valence-electron chi connectivity index (χ2n) is 6.40. The number of benzene rings is 2. The average Bonchev–Trinajstić information content (AvgIpc) is 3.09. The number of hydrogen-bond donors (Lipinski definition) is 2. The molecule has 0 aliphatic carbocycles. The summed E-state index contributed by atoms with van der Waals surface area (Å²) < 4.78 is 28.7. The lowest BCUT2D eigenvalue weighted by Gasteiger charge is -2.13. The van der Waals surface area contributed by atoms with Crippen LogP contribution >= 0.6 is 0 Å². The molecular formula is C18H22N6O2S. The second kappa shape index (κ2) is 8.28. The Morgan fingerprint density at radius 1 is 1.00 bits per heavy atom. The lowest BCUT2D eigenvalue weighted by molar-refractivity contribution is 0.569. The van der Waals surface area contributed by atoms with Gasteiger partial charge >= 0.3 is 0 Å². The van der Waals surface area contributed by atoms with E-state index >= 15 is 0 Å². The first kappa shape index (κ1) is 19.0. The van der Waals surface area contributed by atoms with Crippen molar-refractivity contribution in [3.63, 3.8) is 0 Å². The molecule has 3 aromatic rings. The van der Waals surface area contributed by atoms with E-state index in [0.29, 0.717) is 12.5 Å². The van der Waals surface area contributed by atoms with E-state index in [1.54, 1.807) is 18.5 Å². The summed E-state index contributed by atoms with van der Waals surface area (Å²) in [7, 11) is -3.40. The molecule has 0 bridgehead atoms. The summed E-state index contributed by atoms with van der Waals surface area (Å²) in [6.07, 6.45) is 0. The molecule has 0 radical (unpaired) electrons. The normalized spacial score (nSPS) is 11.7. The molecule has 3 rings (SSSR count). The molecule has 8 nitrogen and oxygen atoms in total. The highest BCUT2D eigenvalue weighted by atomic mass is 32.2. The molecule has 9 heteroatoms. The van der Waals surface area contributed by atoms with Gasteiger partial charge in [0, 0.05) is 12.6 Å². The van der Waals surface area contributed by atoms with Gasteiger partial charge in [0.15, 0.2) is 0 Å². The van der Waals surface area contributed by atoms with Crippen LogP contribution in [0.4, 0.5) is 5.95 Å². The number of sulfonamides is 1. The zero-order chi connectivity index (χ0) is 19.3. The van der Waals surface area contributed by atoms with Gasteiger partial charge in [0.2, 0.25) is 16.0 Å². The monoisotopic (exact) mass is 386 g/mol. The molecule has 0 fully saturated rings. The highest BCUT2D eigenvalue weighted by Gasteiger charge is 2.16. The van der Waals surface area contributed by atoms with Gasteiger partial charge < -0.3 is 5.32 Å². The van der Waals surface area contributed by atoms with E-state index in [0.717, 1.165) is 16.8 Å². The molecule has 0 aliphatic rings. The van der Waals surface area contributed by atoms with Crippen molar-refractivity contribution in [1.82, 2.24) is 24.9 Å². The molecule has 27 heavy (non-hydrogen) atoms. The molecule has 0 aliphatic heterocycles. The van der Waals surface area contributed by atoms with Gasteiger partial charge in [-0.2, -0.15) is 4.68 Å². The van der Waals surface area contributed by atoms with E-state index in [1.807, 2.05) is 54.6 Å². The summed E-state index contributed by atoms with van der Waals surface area (Å²) in [4.78, 5) is 0. The van der Waals surface area contributed by atoms with Crippen molar-refractivity contribution in [2.45, 2.75) is 32.2 Å². The minimum Gasteiger partial charge on any atom is -0.349 e. The molecule has 0 unspecified atom stereocenters. The molecule has 2 aromatic carbocycles. The van der Waals surface area contributed by atoms with Crippen LogP contribution in [0.2, 0.25) is 0 Å². The number of rotatable bonds is 8. The maximum Gasteiger partial charge on any atom is 0.248 e. The largest absolute Gasteiger partial charge is 0.349 e. The third-order valence-corrected chi connectivity index (χ3v) is 5.31. The minimum absolute atomic E-state index is 0.0767. The topological polar surface area (TPSA) is 102 Å². The maximum atomic E-state index is 12.3. The average molecular weight is 386 g/mol. The van der Waals surface area contributed by atoms with Crippen LogP contribution in [0, 0.1) is 0 Å². The van der Waals surface area contributed by atoms with E-state index in [4.69, 9.17) is 0 Å². The molecule has 0 spiro atoms. The van der Waals surface area contributed by atoms with Crippen molar-refractivity contribution in [2.75, 3.05) is 5.32 Å². The molecule has 2 N–H and O–H groups in total. The SMILES string of the molecule is CC(C)NS(=O)(=O)Cc1ccccc1CNc1nnnn1-c1ccccc1. The van der Waals surface area contributed by atoms with E-state index in [-0.39, 0.29) is 11.8 Å². The predicted octanol–water partition coefficient (Wildman–Crippen LogP) is 2.10. The van der Waals surface area contributed by atoms with Gasteiger partial charge in [-0.3, -0.25) is 0 Å². The summed E-state index contributed by atoms with van der Waals surface area (Å²) in [5.41, 5.74) is 2.44. The summed E-state index contributed by atoms with van der Waals surface area (Å²) in [5, 5.41) is 14.9. The lowest BCUT2D eigenvalue weighted by atomic mass is 10.1. The number of anilines is 1. The fourth-order valence-corrected chi connectivity index (χ4v) is 4.18. The van der Waals surface area contributed by atoms with Crippen molar-refractivity contribution >= 4 is 16.0 Å². The fraction of sp³-hybridized carbons (Fsp3) is 0.278. The van der Waals surface area contributed by atoms with Crippen LogP contribution in [-0.4, -0.2) is 34.7 Å². The zero-order valence-electron chi connectivity index (χ0n) is 15.2. The number of nitrogens with one attached hydrogen (secondary N) is 2. The van der Waals surface area contributed by atoms with Gasteiger partial charge in [-0.05, 0) is 47.5 Å². The van der Waals surface area contributed by atoms with Gasteiger partial charge in [-0.25, -0.2) is 13.1 Å². The standard InChI is InChI=1S/C18H22N6O2S/c1-14(2)21-27(25,26)13-16-9-7-6-8-15(16)12-19-18-20-22-23-24(18)17-10-4-3-5-11-17/h3-11,14,21H,12-13H2,1-2H3,(H,19,20,23). The van der Waals surface area contributed by atoms with Crippen molar-refractivity contribution < 1.29 is 8.42 Å². The Morgan fingerprint density at radius 3 is 2.37 bits per heavy atom. The highest BCUT2D eigenvalue weighted by molar-refractivity contribution is 7.88. The molecule has 0 saturated heterocycles. The second-order valence-corrected chi connectivity index (χ2v) is 8.16. The number of tetrazole rings is 1.